The van der Waals surface area contributed by atoms with Gasteiger partial charge in [0.25, 0.3) is 5.91 Å². The number of carbonyl (C=O) groups is 1. The number of hydrogen-bond acceptors (Lipinski definition) is 8. The Balaban J connectivity index is 1.61. The summed E-state index contributed by atoms with van der Waals surface area (Å²) in [5.74, 6) is 2.47. The fourth-order valence-corrected chi connectivity index (χ4v) is 3.80. The first-order chi connectivity index (χ1) is 17.9. The maximum absolute atomic E-state index is 13.4. The Labute approximate surface area is 216 Å². The summed E-state index contributed by atoms with van der Waals surface area (Å²) in [6.07, 6.45) is 0.109. The van der Waals surface area contributed by atoms with Crippen LogP contribution in [0.25, 0.3) is 11.4 Å². The third-order valence-corrected chi connectivity index (χ3v) is 5.90. The molecule has 0 spiro atoms. The van der Waals surface area contributed by atoms with Crippen LogP contribution in [0.2, 0.25) is 0 Å². The minimum atomic E-state index is -0.232. The number of carbonyl (C=O) groups excluding carboxylic acids is 1. The van der Waals surface area contributed by atoms with Crippen molar-refractivity contribution >= 4 is 17.5 Å². The second-order valence-corrected chi connectivity index (χ2v) is 8.57. The Kier molecular flexibility index (Phi) is 7.92. The molecule has 1 aromatic heterocycles. The van der Waals surface area contributed by atoms with E-state index in [0.717, 1.165) is 28.1 Å². The van der Waals surface area contributed by atoms with Crippen molar-refractivity contribution < 1.29 is 19.0 Å². The lowest BCUT2D eigenvalue weighted by Crippen LogP contribution is -2.18. The number of benzene rings is 3. The zero-order valence-corrected chi connectivity index (χ0v) is 21.7. The number of methoxy groups -OCH3 is 3. The summed E-state index contributed by atoms with van der Waals surface area (Å²) >= 11 is 0. The van der Waals surface area contributed by atoms with Gasteiger partial charge in [0, 0.05) is 31.9 Å². The first kappa shape index (κ1) is 25.6. The van der Waals surface area contributed by atoms with E-state index in [4.69, 9.17) is 14.2 Å². The molecule has 0 fully saturated rings. The summed E-state index contributed by atoms with van der Waals surface area (Å²) < 4.78 is 17.3. The van der Waals surface area contributed by atoms with Crippen LogP contribution in [0.4, 0.5) is 11.6 Å². The van der Waals surface area contributed by atoms with Gasteiger partial charge in [-0.3, -0.25) is 4.79 Å². The van der Waals surface area contributed by atoms with Crippen LogP contribution in [0.5, 0.6) is 17.2 Å². The predicted molar refractivity (Wildman–Crippen MR) is 144 cm³/mol. The van der Waals surface area contributed by atoms with Gasteiger partial charge in [0.1, 0.15) is 5.75 Å². The van der Waals surface area contributed by atoms with Crippen LogP contribution < -0.4 is 24.4 Å². The van der Waals surface area contributed by atoms with Crippen molar-refractivity contribution in [2.24, 2.45) is 0 Å². The van der Waals surface area contributed by atoms with Crippen LogP contribution in [-0.4, -0.2) is 56.1 Å². The highest BCUT2D eigenvalue weighted by atomic mass is 16.5. The SMILES string of the molecule is COc1ccc(-c2nc(NCc3ccc(N(C)C)cc3)n(C(=O)Cc3ccc(OC)c(OC)c3)n2)cc1. The molecule has 0 unspecified atom stereocenters. The van der Waals surface area contributed by atoms with E-state index >= 15 is 0 Å². The quantitative estimate of drug-likeness (QED) is 0.339. The van der Waals surface area contributed by atoms with Gasteiger partial charge in [-0.1, -0.05) is 18.2 Å². The minimum Gasteiger partial charge on any atom is -0.497 e. The van der Waals surface area contributed by atoms with Crippen LogP contribution in [0.1, 0.15) is 15.9 Å². The van der Waals surface area contributed by atoms with Gasteiger partial charge < -0.3 is 24.4 Å². The van der Waals surface area contributed by atoms with Gasteiger partial charge in [-0.2, -0.15) is 9.67 Å². The van der Waals surface area contributed by atoms with Crippen molar-refractivity contribution in [2.75, 3.05) is 45.6 Å². The molecule has 0 aliphatic carbocycles. The van der Waals surface area contributed by atoms with E-state index < -0.39 is 0 Å². The average Bonchev–Trinajstić information content (AvgIpc) is 3.36. The second-order valence-electron chi connectivity index (χ2n) is 8.57. The highest BCUT2D eigenvalue weighted by Crippen LogP contribution is 2.28. The zero-order chi connectivity index (χ0) is 26.4. The number of anilines is 2. The van der Waals surface area contributed by atoms with E-state index in [1.54, 1.807) is 33.5 Å². The lowest BCUT2D eigenvalue weighted by Gasteiger charge is -2.13. The van der Waals surface area contributed by atoms with Crippen LogP contribution in [-0.2, 0) is 13.0 Å². The topological polar surface area (TPSA) is 90.7 Å². The molecule has 0 saturated heterocycles. The lowest BCUT2D eigenvalue weighted by atomic mass is 10.1. The molecule has 1 heterocycles. The molecule has 4 aromatic rings. The summed E-state index contributed by atoms with van der Waals surface area (Å²) in [6, 6.07) is 21.0. The molecule has 192 valence electrons. The number of hydrogen-bond donors (Lipinski definition) is 1. The van der Waals surface area contributed by atoms with Crippen LogP contribution in [0.15, 0.2) is 66.7 Å². The molecule has 1 N–H and O–H groups in total. The maximum atomic E-state index is 13.4. The van der Waals surface area contributed by atoms with Crippen LogP contribution in [0, 0.1) is 0 Å². The molecule has 4 rings (SSSR count). The van der Waals surface area contributed by atoms with E-state index in [2.05, 4.69) is 15.4 Å². The third-order valence-electron chi connectivity index (χ3n) is 5.90. The molecular formula is C28H31N5O4. The minimum absolute atomic E-state index is 0.109. The molecule has 37 heavy (non-hydrogen) atoms. The summed E-state index contributed by atoms with van der Waals surface area (Å²) in [7, 11) is 8.75. The Morgan fingerprint density at radius 1 is 0.865 bits per heavy atom. The normalized spacial score (nSPS) is 10.6. The molecule has 0 saturated carbocycles. The van der Waals surface area contributed by atoms with Crippen molar-refractivity contribution in [3.63, 3.8) is 0 Å². The van der Waals surface area contributed by atoms with Gasteiger partial charge in [-0.05, 0) is 59.7 Å². The number of ether oxygens (including phenoxy) is 3. The van der Waals surface area contributed by atoms with Crippen molar-refractivity contribution in [2.45, 2.75) is 13.0 Å². The molecule has 9 nitrogen and oxygen atoms in total. The van der Waals surface area contributed by atoms with Gasteiger partial charge >= 0.3 is 0 Å². The van der Waals surface area contributed by atoms with E-state index in [9.17, 15) is 4.79 Å². The molecule has 9 heteroatoms. The Hall–Kier alpha value is -4.53. The van der Waals surface area contributed by atoms with E-state index in [-0.39, 0.29) is 12.3 Å². The van der Waals surface area contributed by atoms with Gasteiger partial charge in [-0.15, -0.1) is 5.10 Å². The number of nitrogens with one attached hydrogen (secondary N) is 1. The summed E-state index contributed by atoms with van der Waals surface area (Å²) in [5.41, 5.74) is 3.71. The highest BCUT2D eigenvalue weighted by Gasteiger charge is 2.19. The molecule has 0 aliphatic heterocycles. The Morgan fingerprint density at radius 3 is 2.16 bits per heavy atom. The van der Waals surface area contributed by atoms with Crippen molar-refractivity contribution in [1.29, 1.82) is 0 Å². The summed E-state index contributed by atoms with van der Waals surface area (Å²) in [5, 5.41) is 7.83. The van der Waals surface area contributed by atoms with E-state index in [1.165, 1.54) is 4.68 Å². The van der Waals surface area contributed by atoms with E-state index in [1.807, 2.05) is 73.6 Å². The fraction of sp³-hybridized carbons (Fsp3) is 0.250. The Morgan fingerprint density at radius 2 is 1.54 bits per heavy atom. The Bertz CT molecular complexity index is 1350. The highest BCUT2D eigenvalue weighted by molar-refractivity contribution is 5.83. The summed E-state index contributed by atoms with van der Waals surface area (Å²) in [4.78, 5) is 20.1. The smallest absolute Gasteiger partial charge is 0.254 e. The molecule has 0 amide bonds. The summed E-state index contributed by atoms with van der Waals surface area (Å²) in [6.45, 7) is 0.484. The van der Waals surface area contributed by atoms with Gasteiger partial charge in [-0.25, -0.2) is 0 Å². The largest absolute Gasteiger partial charge is 0.497 e. The standard InChI is InChI=1S/C28H31N5O4/c1-32(2)22-11-6-19(7-12-22)18-29-28-30-27(21-9-13-23(35-3)14-10-21)31-33(28)26(34)17-20-8-15-24(36-4)25(16-20)37-5/h6-16H,17-18H2,1-5H3,(H,29,30,31). The first-order valence-electron chi connectivity index (χ1n) is 11.8. The van der Waals surface area contributed by atoms with Crippen molar-refractivity contribution in [1.82, 2.24) is 14.8 Å². The first-order valence-corrected chi connectivity index (χ1v) is 11.8. The number of aromatic nitrogens is 3. The predicted octanol–water partition coefficient (Wildman–Crippen LogP) is 4.53. The molecule has 0 bridgehead atoms. The van der Waals surface area contributed by atoms with E-state index in [0.29, 0.717) is 29.8 Å². The van der Waals surface area contributed by atoms with Crippen LogP contribution in [0.3, 0.4) is 0 Å². The fourth-order valence-electron chi connectivity index (χ4n) is 3.80. The number of nitrogens with zero attached hydrogens (tertiary/aromatic N) is 4. The zero-order valence-electron chi connectivity index (χ0n) is 21.7. The number of rotatable bonds is 10. The molecular weight excluding hydrogens is 470 g/mol. The van der Waals surface area contributed by atoms with Crippen molar-refractivity contribution in [3.05, 3.63) is 77.9 Å². The van der Waals surface area contributed by atoms with Crippen LogP contribution >= 0.6 is 0 Å². The molecule has 0 radical (unpaired) electrons. The maximum Gasteiger partial charge on any atom is 0.254 e. The molecule has 3 aromatic carbocycles. The lowest BCUT2D eigenvalue weighted by molar-refractivity contribution is 0.0901. The second kappa shape index (κ2) is 11.5. The monoisotopic (exact) mass is 501 g/mol. The van der Waals surface area contributed by atoms with Gasteiger partial charge in [0.05, 0.1) is 27.8 Å². The average molecular weight is 502 g/mol. The molecule has 0 aliphatic rings. The van der Waals surface area contributed by atoms with Gasteiger partial charge in [0.15, 0.2) is 17.3 Å². The molecule has 0 atom stereocenters. The third kappa shape index (κ3) is 6.00. The van der Waals surface area contributed by atoms with Crippen molar-refractivity contribution in [3.8, 4) is 28.6 Å². The van der Waals surface area contributed by atoms with Gasteiger partial charge in [0.2, 0.25) is 5.95 Å².